The van der Waals surface area contributed by atoms with Crippen molar-refractivity contribution in [2.45, 2.75) is 24.9 Å². The van der Waals surface area contributed by atoms with Crippen molar-refractivity contribution in [2.24, 2.45) is 5.73 Å². The molecule has 206 valence electrons. The number of nitrogens with zero attached hydrogens (tertiary/aromatic N) is 2. The number of methoxy groups -OCH3 is 1. The van der Waals surface area contributed by atoms with Crippen LogP contribution in [0.3, 0.4) is 0 Å². The summed E-state index contributed by atoms with van der Waals surface area (Å²) < 4.78 is 25.7. The Morgan fingerprint density at radius 2 is 1.98 bits per heavy atom. The minimum Gasteiger partial charge on any atom is -0.494 e. The topological polar surface area (TPSA) is 137 Å². The van der Waals surface area contributed by atoms with E-state index in [9.17, 15) is 19.1 Å². The van der Waals surface area contributed by atoms with Gasteiger partial charge in [0.1, 0.15) is 46.1 Å². The van der Waals surface area contributed by atoms with Gasteiger partial charge in [-0.1, -0.05) is 0 Å². The van der Waals surface area contributed by atoms with Crippen molar-refractivity contribution in [3.05, 3.63) is 81.8 Å². The Bertz CT molecular complexity index is 1660. The average Bonchev–Trinajstić information content (AvgIpc) is 3.28. The minimum atomic E-state index is -1.67. The first-order valence-electron chi connectivity index (χ1n) is 12.3. The fraction of sp³-hybridized carbons (Fsp3) is 0.241. The molecule has 3 heterocycles. The molecular formula is C29H26BrFN4O5. The first kappa shape index (κ1) is 27.5. The summed E-state index contributed by atoms with van der Waals surface area (Å²) in [5.41, 5.74) is 5.26. The molecule has 0 saturated heterocycles. The zero-order valence-corrected chi connectivity index (χ0v) is 23.5. The molecule has 4 N–H and O–H groups in total. The number of primary amides is 1. The van der Waals surface area contributed by atoms with Gasteiger partial charge in [-0.2, -0.15) is 0 Å². The molecule has 11 heteroatoms. The molecule has 1 aliphatic heterocycles. The van der Waals surface area contributed by atoms with Crippen LogP contribution in [0.25, 0.3) is 22.2 Å². The number of hydrogen-bond acceptors (Lipinski definition) is 7. The number of benzene rings is 2. The fourth-order valence-corrected chi connectivity index (χ4v) is 4.94. The van der Waals surface area contributed by atoms with Crippen LogP contribution in [-0.4, -0.2) is 47.2 Å². The number of ether oxygens (including phenoxy) is 2. The third-order valence-electron chi connectivity index (χ3n) is 7.08. The van der Waals surface area contributed by atoms with Gasteiger partial charge in [0.05, 0.1) is 19.3 Å². The number of pyridine rings is 2. The van der Waals surface area contributed by atoms with E-state index in [-0.39, 0.29) is 18.8 Å². The summed E-state index contributed by atoms with van der Waals surface area (Å²) in [5.74, 6) is -0.725. The highest BCUT2D eigenvalue weighted by molar-refractivity contribution is 9.10. The lowest BCUT2D eigenvalue weighted by Crippen LogP contribution is -2.41. The zero-order chi connectivity index (χ0) is 28.8. The molecule has 2 atom stereocenters. The van der Waals surface area contributed by atoms with Gasteiger partial charge < -0.3 is 25.6 Å². The highest BCUT2D eigenvalue weighted by Gasteiger charge is 2.45. The van der Waals surface area contributed by atoms with Crippen LogP contribution < -0.4 is 20.5 Å². The summed E-state index contributed by atoms with van der Waals surface area (Å²) in [6.45, 7) is 2.92. The number of nitrogens with one attached hydrogen (secondary N) is 1. The number of amides is 2. The number of carbonyl (C=O) groups excluding carboxylic acids is 2. The third-order valence-corrected chi connectivity index (χ3v) is 7.51. The highest BCUT2D eigenvalue weighted by atomic mass is 79.9. The van der Waals surface area contributed by atoms with Gasteiger partial charge in [0.15, 0.2) is 0 Å². The Kier molecular flexibility index (Phi) is 6.97. The molecule has 2 aromatic heterocycles. The van der Waals surface area contributed by atoms with Gasteiger partial charge in [-0.05, 0) is 78.3 Å². The van der Waals surface area contributed by atoms with E-state index in [2.05, 4.69) is 31.2 Å². The van der Waals surface area contributed by atoms with Gasteiger partial charge >= 0.3 is 0 Å². The normalized spacial score (nSPS) is 17.6. The second-order valence-corrected chi connectivity index (χ2v) is 11.0. The molecule has 0 unspecified atom stereocenters. The molecule has 5 rings (SSSR count). The Labute approximate surface area is 237 Å². The van der Waals surface area contributed by atoms with Crippen molar-refractivity contribution in [3.63, 3.8) is 0 Å². The Morgan fingerprint density at radius 1 is 1.25 bits per heavy atom. The molecule has 0 saturated carbocycles. The number of nitrogens with two attached hydrogens (primary N) is 1. The molecule has 0 aliphatic carbocycles. The van der Waals surface area contributed by atoms with E-state index >= 15 is 0 Å². The van der Waals surface area contributed by atoms with Gasteiger partial charge in [-0.3, -0.25) is 14.6 Å². The molecule has 40 heavy (non-hydrogen) atoms. The van der Waals surface area contributed by atoms with Crippen molar-refractivity contribution in [1.29, 1.82) is 0 Å². The van der Waals surface area contributed by atoms with Gasteiger partial charge in [0.2, 0.25) is 5.91 Å². The van der Waals surface area contributed by atoms with Crippen LogP contribution in [0.5, 0.6) is 11.5 Å². The first-order chi connectivity index (χ1) is 18.9. The zero-order valence-electron chi connectivity index (χ0n) is 21.9. The third kappa shape index (κ3) is 4.86. The molecule has 0 spiro atoms. The lowest BCUT2D eigenvalue weighted by Gasteiger charge is -2.26. The summed E-state index contributed by atoms with van der Waals surface area (Å²) in [5, 5.41) is 15.0. The molecule has 0 bridgehead atoms. The average molecular weight is 609 g/mol. The largest absolute Gasteiger partial charge is 0.494 e. The van der Waals surface area contributed by atoms with E-state index in [4.69, 9.17) is 15.2 Å². The number of rotatable bonds is 7. The number of aromatic nitrogens is 2. The summed E-state index contributed by atoms with van der Waals surface area (Å²) in [7, 11) is 1.49. The van der Waals surface area contributed by atoms with Gasteiger partial charge in [0, 0.05) is 32.7 Å². The van der Waals surface area contributed by atoms with Crippen LogP contribution in [0.4, 0.5) is 4.39 Å². The monoisotopic (exact) mass is 608 g/mol. The Hall–Kier alpha value is -4.09. The second-order valence-electron chi connectivity index (χ2n) is 10.1. The Balaban J connectivity index is 1.50. The van der Waals surface area contributed by atoms with Crippen LogP contribution in [0.1, 0.15) is 35.5 Å². The number of hydrogen-bond donors (Lipinski definition) is 3. The molecule has 0 radical (unpaired) electrons. The maximum atomic E-state index is 13.6. The van der Waals surface area contributed by atoms with Crippen molar-refractivity contribution in [3.8, 4) is 22.8 Å². The first-order valence-corrected chi connectivity index (χ1v) is 13.1. The SMILES string of the molecule is COc1cc(C(=O)NC[C@](C)(O)c2cc3c(c(-c4ccc(F)cc4)n2)OC[C@]3(C)C(N)=O)cc2cc(Br)cnc12. The maximum absolute atomic E-state index is 13.6. The molecule has 2 aromatic carbocycles. The quantitative estimate of drug-likeness (QED) is 0.288. The summed E-state index contributed by atoms with van der Waals surface area (Å²) in [4.78, 5) is 34.6. The fourth-order valence-electron chi connectivity index (χ4n) is 4.59. The Morgan fingerprint density at radius 3 is 2.65 bits per heavy atom. The van der Waals surface area contributed by atoms with Crippen LogP contribution in [0.2, 0.25) is 0 Å². The van der Waals surface area contributed by atoms with Crippen molar-refractivity contribution >= 4 is 38.6 Å². The lowest BCUT2D eigenvalue weighted by molar-refractivity contribution is -0.123. The second kappa shape index (κ2) is 10.1. The number of aliphatic hydroxyl groups is 1. The molecule has 4 aromatic rings. The molecule has 0 fully saturated rings. The van der Waals surface area contributed by atoms with E-state index in [0.29, 0.717) is 44.8 Å². The number of halogens is 2. The van der Waals surface area contributed by atoms with Gasteiger partial charge in [-0.25, -0.2) is 9.37 Å². The highest BCUT2D eigenvalue weighted by Crippen LogP contribution is 2.45. The van der Waals surface area contributed by atoms with Crippen molar-refractivity contribution in [2.75, 3.05) is 20.3 Å². The summed E-state index contributed by atoms with van der Waals surface area (Å²) in [6.07, 6.45) is 1.64. The van der Waals surface area contributed by atoms with Crippen LogP contribution >= 0.6 is 15.9 Å². The minimum absolute atomic E-state index is 0.00928. The van der Waals surface area contributed by atoms with Crippen molar-refractivity contribution < 1.29 is 28.6 Å². The van der Waals surface area contributed by atoms with E-state index in [0.717, 1.165) is 4.47 Å². The van der Waals surface area contributed by atoms with Crippen molar-refractivity contribution in [1.82, 2.24) is 15.3 Å². The summed E-state index contributed by atoms with van der Waals surface area (Å²) >= 11 is 3.39. The predicted molar refractivity (Wildman–Crippen MR) is 150 cm³/mol. The molecule has 2 amide bonds. The standard InChI is InChI=1S/C29H26BrFN4O5/c1-28(27(32)37)14-40-25-20(28)11-22(35-24(25)15-4-6-19(31)7-5-15)29(2,38)13-34-26(36)17-8-16-9-18(30)12-33-23(16)21(10-17)39-3/h4-12,38H,13-14H2,1-3H3,(H2,32,37)(H,34,36)/t28-,29-/m0/s1. The molecule has 9 nitrogen and oxygen atoms in total. The van der Waals surface area contributed by atoms with Crippen LogP contribution in [0.15, 0.2) is 59.2 Å². The van der Waals surface area contributed by atoms with E-state index in [1.54, 1.807) is 31.3 Å². The predicted octanol–water partition coefficient (Wildman–Crippen LogP) is 3.98. The smallest absolute Gasteiger partial charge is 0.251 e. The van der Waals surface area contributed by atoms with Gasteiger partial charge in [-0.15, -0.1) is 0 Å². The van der Waals surface area contributed by atoms with E-state index in [1.807, 2.05) is 6.07 Å². The van der Waals surface area contributed by atoms with Gasteiger partial charge in [0.25, 0.3) is 5.91 Å². The maximum Gasteiger partial charge on any atom is 0.251 e. The number of fused-ring (bicyclic) bond motifs is 2. The van der Waals surface area contributed by atoms with Crippen LogP contribution in [0, 0.1) is 5.82 Å². The summed E-state index contributed by atoms with van der Waals surface area (Å²) in [6, 6.07) is 12.3. The van der Waals surface area contributed by atoms with E-state index in [1.165, 1.54) is 38.3 Å². The molecule has 1 aliphatic rings. The number of carbonyl (C=O) groups is 2. The van der Waals surface area contributed by atoms with Crippen LogP contribution in [-0.2, 0) is 15.8 Å². The lowest BCUT2D eigenvalue weighted by atomic mass is 9.82. The molecular weight excluding hydrogens is 583 g/mol. The van der Waals surface area contributed by atoms with E-state index < -0.39 is 28.6 Å².